The minimum atomic E-state index is -0.368. The number of amides is 1. The number of halogens is 1. The van der Waals surface area contributed by atoms with Gasteiger partial charge in [-0.2, -0.15) is 4.99 Å². The Morgan fingerprint density at radius 3 is 2.59 bits per heavy atom. The van der Waals surface area contributed by atoms with Crippen LogP contribution in [-0.2, 0) is 11.3 Å². The smallest absolute Gasteiger partial charge is 0.338 e. The summed E-state index contributed by atoms with van der Waals surface area (Å²) >= 11 is 4.70. The second kappa shape index (κ2) is 8.45. The maximum absolute atomic E-state index is 12.5. The predicted octanol–water partition coefficient (Wildman–Crippen LogP) is 4.57. The van der Waals surface area contributed by atoms with Crippen LogP contribution in [0, 0.1) is 0 Å². The van der Waals surface area contributed by atoms with Crippen molar-refractivity contribution in [2.45, 2.75) is 13.5 Å². The maximum atomic E-state index is 12.5. The zero-order chi connectivity index (χ0) is 19.4. The first kappa shape index (κ1) is 19.3. The van der Waals surface area contributed by atoms with E-state index in [4.69, 9.17) is 4.74 Å². The van der Waals surface area contributed by atoms with Crippen LogP contribution in [0.5, 0.6) is 0 Å². The molecular formula is C20H17BrN2O3S. The summed E-state index contributed by atoms with van der Waals surface area (Å²) in [4.78, 5) is 29.3. The van der Waals surface area contributed by atoms with Crippen molar-refractivity contribution >= 4 is 49.4 Å². The van der Waals surface area contributed by atoms with Gasteiger partial charge >= 0.3 is 5.97 Å². The number of ether oxygens (including phenoxy) is 1. The highest BCUT2D eigenvalue weighted by molar-refractivity contribution is 9.10. The first-order valence-electron chi connectivity index (χ1n) is 8.29. The number of esters is 1. The van der Waals surface area contributed by atoms with Crippen LogP contribution in [0.15, 0.2) is 64.6 Å². The van der Waals surface area contributed by atoms with Crippen molar-refractivity contribution in [3.63, 3.8) is 0 Å². The molecule has 0 fully saturated rings. The van der Waals surface area contributed by atoms with Crippen LogP contribution in [-0.4, -0.2) is 23.1 Å². The fraction of sp³-hybridized carbons (Fsp3) is 0.150. The minimum Gasteiger partial charge on any atom is -0.462 e. The molecule has 138 valence electrons. The zero-order valence-electron chi connectivity index (χ0n) is 14.6. The summed E-state index contributed by atoms with van der Waals surface area (Å²) in [7, 11) is 0. The van der Waals surface area contributed by atoms with Crippen LogP contribution >= 0.6 is 27.3 Å². The molecule has 0 saturated carbocycles. The molecule has 0 radical (unpaired) electrons. The molecule has 1 amide bonds. The van der Waals surface area contributed by atoms with Gasteiger partial charge in [0.25, 0.3) is 5.91 Å². The highest BCUT2D eigenvalue weighted by Crippen LogP contribution is 2.20. The van der Waals surface area contributed by atoms with Crippen molar-refractivity contribution in [2.75, 3.05) is 6.61 Å². The minimum absolute atomic E-state index is 0.319. The monoisotopic (exact) mass is 444 g/mol. The van der Waals surface area contributed by atoms with Crippen LogP contribution in [0.4, 0.5) is 0 Å². The third-order valence-electron chi connectivity index (χ3n) is 3.79. The van der Waals surface area contributed by atoms with Crippen molar-refractivity contribution in [1.29, 1.82) is 0 Å². The van der Waals surface area contributed by atoms with Crippen LogP contribution in [0.1, 0.15) is 27.6 Å². The highest BCUT2D eigenvalue weighted by atomic mass is 79.9. The Labute approximate surface area is 168 Å². The molecule has 5 nitrogen and oxygen atoms in total. The van der Waals surface area contributed by atoms with E-state index in [0.717, 1.165) is 14.7 Å². The molecule has 0 aliphatic heterocycles. The third-order valence-corrected chi connectivity index (χ3v) is 5.36. The van der Waals surface area contributed by atoms with Gasteiger partial charge in [0.1, 0.15) is 0 Å². The number of aromatic nitrogens is 1. The standard InChI is InChI=1S/C20H17BrN2O3S/c1-3-11-23-16-10-7-14(19(25)26-4-2)12-17(16)27-20(23)22-18(24)13-5-8-15(21)9-6-13/h3,5-10,12H,1,4,11H2,2H3. The van der Waals surface area contributed by atoms with Gasteiger partial charge in [0.2, 0.25) is 0 Å². The number of thiazole rings is 1. The van der Waals surface area contributed by atoms with E-state index in [-0.39, 0.29) is 11.9 Å². The van der Waals surface area contributed by atoms with Gasteiger partial charge in [-0.15, -0.1) is 6.58 Å². The summed E-state index contributed by atoms with van der Waals surface area (Å²) in [5.74, 6) is -0.690. The van der Waals surface area contributed by atoms with Crippen molar-refractivity contribution < 1.29 is 14.3 Å². The van der Waals surface area contributed by atoms with Gasteiger partial charge < -0.3 is 9.30 Å². The molecule has 0 atom stereocenters. The molecule has 7 heteroatoms. The maximum Gasteiger partial charge on any atom is 0.338 e. The fourth-order valence-electron chi connectivity index (χ4n) is 2.55. The number of allylic oxidation sites excluding steroid dienone is 1. The van der Waals surface area contributed by atoms with E-state index in [2.05, 4.69) is 27.5 Å². The predicted molar refractivity (Wildman–Crippen MR) is 110 cm³/mol. The number of benzene rings is 2. The van der Waals surface area contributed by atoms with Gasteiger partial charge in [-0.1, -0.05) is 33.3 Å². The summed E-state index contributed by atoms with van der Waals surface area (Å²) in [6, 6.07) is 12.4. The Balaban J connectivity index is 2.09. The van der Waals surface area contributed by atoms with E-state index >= 15 is 0 Å². The quantitative estimate of drug-likeness (QED) is 0.427. The molecule has 0 spiro atoms. The molecule has 1 aromatic heterocycles. The first-order chi connectivity index (χ1) is 13.0. The zero-order valence-corrected chi connectivity index (χ0v) is 17.0. The lowest BCUT2D eigenvalue weighted by Gasteiger charge is -2.03. The van der Waals surface area contributed by atoms with Crippen LogP contribution in [0.3, 0.4) is 0 Å². The third kappa shape index (κ3) is 4.26. The summed E-state index contributed by atoms with van der Waals surface area (Å²) < 4.78 is 8.71. The summed E-state index contributed by atoms with van der Waals surface area (Å²) in [6.07, 6.45) is 1.74. The van der Waals surface area contributed by atoms with E-state index in [9.17, 15) is 9.59 Å². The lowest BCUT2D eigenvalue weighted by molar-refractivity contribution is 0.0526. The SMILES string of the molecule is C=CCn1c(=NC(=O)c2ccc(Br)cc2)sc2cc(C(=O)OCC)ccc21. The number of hydrogen-bond donors (Lipinski definition) is 0. The largest absolute Gasteiger partial charge is 0.462 e. The van der Waals surface area contributed by atoms with Crippen LogP contribution < -0.4 is 4.80 Å². The van der Waals surface area contributed by atoms with Gasteiger partial charge in [0.05, 0.1) is 22.4 Å². The molecule has 1 heterocycles. The van der Waals surface area contributed by atoms with Crippen LogP contribution in [0.25, 0.3) is 10.2 Å². The second-order valence-corrected chi connectivity index (χ2v) is 7.54. The van der Waals surface area contributed by atoms with Crippen LogP contribution in [0.2, 0.25) is 0 Å². The summed E-state index contributed by atoms with van der Waals surface area (Å²) in [5.41, 5.74) is 1.87. The summed E-state index contributed by atoms with van der Waals surface area (Å²) in [6.45, 7) is 6.37. The van der Waals surface area contributed by atoms with Gasteiger partial charge in [0.15, 0.2) is 4.80 Å². The number of carbonyl (C=O) groups excluding carboxylic acids is 2. The lowest BCUT2D eigenvalue weighted by Crippen LogP contribution is -2.16. The lowest BCUT2D eigenvalue weighted by atomic mass is 10.2. The Kier molecular flexibility index (Phi) is 6.03. The molecule has 2 aromatic carbocycles. The van der Waals surface area contributed by atoms with Gasteiger partial charge in [0, 0.05) is 16.6 Å². The van der Waals surface area contributed by atoms with E-state index < -0.39 is 0 Å². The first-order valence-corrected chi connectivity index (χ1v) is 9.90. The molecule has 0 N–H and O–H groups in total. The number of nitrogens with zero attached hydrogens (tertiary/aromatic N) is 2. The second-order valence-electron chi connectivity index (χ2n) is 5.61. The molecule has 0 unspecified atom stereocenters. The van der Waals surface area contributed by atoms with E-state index in [1.807, 2.05) is 10.6 Å². The summed E-state index contributed by atoms with van der Waals surface area (Å²) in [5, 5.41) is 0. The highest BCUT2D eigenvalue weighted by Gasteiger charge is 2.12. The van der Waals surface area contributed by atoms with Gasteiger partial charge in [-0.25, -0.2) is 4.79 Å². The van der Waals surface area contributed by atoms with Crippen molar-refractivity contribution in [3.8, 4) is 0 Å². The van der Waals surface area contributed by atoms with Gasteiger partial charge in [-0.3, -0.25) is 4.79 Å². The molecule has 0 saturated heterocycles. The Morgan fingerprint density at radius 1 is 1.22 bits per heavy atom. The van der Waals surface area contributed by atoms with E-state index in [1.54, 1.807) is 49.4 Å². The number of fused-ring (bicyclic) bond motifs is 1. The molecule has 0 aliphatic rings. The molecule has 0 bridgehead atoms. The fourth-order valence-corrected chi connectivity index (χ4v) is 3.89. The average Bonchev–Trinajstić information content (AvgIpc) is 2.99. The van der Waals surface area contributed by atoms with E-state index in [0.29, 0.717) is 29.1 Å². The normalized spacial score (nSPS) is 11.6. The molecule has 0 aliphatic carbocycles. The molecule has 27 heavy (non-hydrogen) atoms. The van der Waals surface area contributed by atoms with Crippen molar-refractivity contribution in [2.24, 2.45) is 4.99 Å². The number of hydrogen-bond acceptors (Lipinski definition) is 4. The van der Waals surface area contributed by atoms with Crippen molar-refractivity contribution in [3.05, 3.63) is 75.5 Å². The Morgan fingerprint density at radius 2 is 1.93 bits per heavy atom. The molecule has 3 rings (SSSR count). The van der Waals surface area contributed by atoms with Crippen molar-refractivity contribution in [1.82, 2.24) is 4.57 Å². The number of rotatable bonds is 5. The Hall–Kier alpha value is -2.51. The number of carbonyl (C=O) groups is 2. The van der Waals surface area contributed by atoms with E-state index in [1.165, 1.54) is 11.3 Å². The molecular weight excluding hydrogens is 428 g/mol. The topological polar surface area (TPSA) is 60.7 Å². The average molecular weight is 445 g/mol. The van der Waals surface area contributed by atoms with Gasteiger partial charge in [-0.05, 0) is 49.4 Å². The molecule has 3 aromatic rings. The Bertz CT molecular complexity index is 1080.